The van der Waals surface area contributed by atoms with E-state index in [2.05, 4.69) is 22.0 Å². The quantitative estimate of drug-likeness (QED) is 0.793. The standard InChI is InChI=1S/C17H21BrN2O3/c1-2-23-16(21)10-15(20)12-7-13(9-14(18)8-12)17(11-19)3-5-22-6-4-17/h7-9,15H,2-6,10,20H2,1H3/t15-/m0/s1. The molecule has 1 aromatic rings. The second-order valence-corrected chi connectivity index (χ2v) is 6.61. The monoisotopic (exact) mass is 380 g/mol. The Morgan fingerprint density at radius 1 is 1.48 bits per heavy atom. The number of halogens is 1. The van der Waals surface area contributed by atoms with Gasteiger partial charge in [-0.15, -0.1) is 0 Å². The molecule has 2 rings (SSSR count). The van der Waals surface area contributed by atoms with Crippen molar-refractivity contribution in [3.05, 3.63) is 33.8 Å². The van der Waals surface area contributed by atoms with Crippen molar-refractivity contribution in [3.8, 4) is 6.07 Å². The Bertz CT molecular complexity index is 606. The first kappa shape index (κ1) is 17.9. The number of benzene rings is 1. The number of carbonyl (C=O) groups is 1. The average molecular weight is 381 g/mol. The number of nitrogens with two attached hydrogens (primary N) is 1. The summed E-state index contributed by atoms with van der Waals surface area (Å²) in [5.74, 6) is -0.317. The van der Waals surface area contributed by atoms with E-state index in [1.54, 1.807) is 6.92 Å². The van der Waals surface area contributed by atoms with Crippen LogP contribution in [-0.2, 0) is 19.7 Å². The highest BCUT2D eigenvalue weighted by molar-refractivity contribution is 9.10. The zero-order valence-corrected chi connectivity index (χ0v) is 14.8. The van der Waals surface area contributed by atoms with E-state index >= 15 is 0 Å². The second-order valence-electron chi connectivity index (χ2n) is 5.70. The number of hydrogen-bond donors (Lipinski definition) is 1. The maximum absolute atomic E-state index is 11.6. The number of hydrogen-bond acceptors (Lipinski definition) is 5. The van der Waals surface area contributed by atoms with Gasteiger partial charge in [0.2, 0.25) is 0 Å². The SMILES string of the molecule is CCOC(=O)C[C@H](N)c1cc(Br)cc(C2(C#N)CCOCC2)c1. The van der Waals surface area contributed by atoms with Crippen molar-refractivity contribution in [3.63, 3.8) is 0 Å². The van der Waals surface area contributed by atoms with Crippen molar-refractivity contribution < 1.29 is 14.3 Å². The molecule has 0 unspecified atom stereocenters. The molecule has 1 aromatic carbocycles. The zero-order valence-electron chi connectivity index (χ0n) is 13.2. The molecular formula is C17H21BrN2O3. The lowest BCUT2D eigenvalue weighted by molar-refractivity contribution is -0.143. The van der Waals surface area contributed by atoms with Crippen LogP contribution in [0.2, 0.25) is 0 Å². The van der Waals surface area contributed by atoms with Gasteiger partial charge in [0, 0.05) is 23.7 Å². The topological polar surface area (TPSA) is 85.3 Å². The molecule has 23 heavy (non-hydrogen) atoms. The van der Waals surface area contributed by atoms with Crippen LogP contribution >= 0.6 is 15.9 Å². The van der Waals surface area contributed by atoms with E-state index in [1.165, 1.54) is 0 Å². The van der Waals surface area contributed by atoms with Gasteiger partial charge in [-0.3, -0.25) is 4.79 Å². The number of ether oxygens (including phenoxy) is 2. The van der Waals surface area contributed by atoms with Crippen LogP contribution in [0.25, 0.3) is 0 Å². The molecule has 0 aromatic heterocycles. The maximum atomic E-state index is 11.6. The van der Waals surface area contributed by atoms with E-state index in [9.17, 15) is 10.1 Å². The highest BCUT2D eigenvalue weighted by Crippen LogP contribution is 2.37. The number of nitriles is 1. The number of carbonyl (C=O) groups excluding carboxylic acids is 1. The lowest BCUT2D eigenvalue weighted by Gasteiger charge is -2.32. The van der Waals surface area contributed by atoms with Gasteiger partial charge in [0.05, 0.1) is 24.5 Å². The van der Waals surface area contributed by atoms with Crippen LogP contribution in [0.15, 0.2) is 22.7 Å². The first-order valence-corrected chi connectivity index (χ1v) is 8.51. The summed E-state index contributed by atoms with van der Waals surface area (Å²) in [6.07, 6.45) is 1.44. The van der Waals surface area contributed by atoms with E-state index in [1.807, 2.05) is 18.2 Å². The Morgan fingerprint density at radius 3 is 2.78 bits per heavy atom. The molecule has 1 saturated heterocycles. The van der Waals surface area contributed by atoms with E-state index in [0.717, 1.165) is 15.6 Å². The Kier molecular flexibility index (Phi) is 6.17. The molecule has 0 aliphatic carbocycles. The highest BCUT2D eigenvalue weighted by Gasteiger charge is 2.35. The van der Waals surface area contributed by atoms with E-state index in [-0.39, 0.29) is 12.4 Å². The van der Waals surface area contributed by atoms with Crippen LogP contribution in [0.5, 0.6) is 0 Å². The molecule has 0 amide bonds. The minimum atomic E-state index is -0.555. The van der Waals surface area contributed by atoms with Gasteiger partial charge < -0.3 is 15.2 Å². The van der Waals surface area contributed by atoms with Crippen molar-refractivity contribution in [1.82, 2.24) is 0 Å². The molecule has 0 radical (unpaired) electrons. The van der Waals surface area contributed by atoms with Crippen molar-refractivity contribution >= 4 is 21.9 Å². The molecule has 2 N–H and O–H groups in total. The van der Waals surface area contributed by atoms with Crippen LogP contribution in [0.3, 0.4) is 0 Å². The Hall–Kier alpha value is -1.42. The number of esters is 1. The number of nitrogens with zero attached hydrogens (tertiary/aromatic N) is 1. The normalized spacial score (nSPS) is 18.0. The summed E-state index contributed by atoms with van der Waals surface area (Å²) in [6, 6.07) is 7.77. The summed E-state index contributed by atoms with van der Waals surface area (Å²) in [7, 11) is 0. The molecule has 1 aliphatic rings. The van der Waals surface area contributed by atoms with Gasteiger partial charge in [-0.25, -0.2) is 0 Å². The summed E-state index contributed by atoms with van der Waals surface area (Å²) in [5, 5.41) is 9.70. The summed E-state index contributed by atoms with van der Waals surface area (Å²) in [4.78, 5) is 11.6. The van der Waals surface area contributed by atoms with Gasteiger partial charge in [0.15, 0.2) is 0 Å². The molecule has 124 valence electrons. The molecule has 6 heteroatoms. The molecule has 1 atom stereocenters. The van der Waals surface area contributed by atoms with Crippen LogP contribution in [0, 0.1) is 11.3 Å². The van der Waals surface area contributed by atoms with Crippen molar-refractivity contribution in [2.45, 2.75) is 37.6 Å². The van der Waals surface area contributed by atoms with Crippen LogP contribution in [0.1, 0.15) is 43.4 Å². The zero-order chi connectivity index (χ0) is 16.9. The van der Waals surface area contributed by atoms with E-state index < -0.39 is 11.5 Å². The van der Waals surface area contributed by atoms with Gasteiger partial charge in [-0.1, -0.05) is 22.0 Å². The lowest BCUT2D eigenvalue weighted by atomic mass is 9.75. The third kappa shape index (κ3) is 4.31. The minimum Gasteiger partial charge on any atom is -0.466 e. The Labute approximate surface area is 144 Å². The first-order valence-electron chi connectivity index (χ1n) is 7.72. The van der Waals surface area contributed by atoms with Crippen LogP contribution in [-0.4, -0.2) is 25.8 Å². The molecule has 0 bridgehead atoms. The van der Waals surface area contributed by atoms with Gasteiger partial charge in [0.25, 0.3) is 0 Å². The largest absolute Gasteiger partial charge is 0.466 e. The molecule has 0 spiro atoms. The fourth-order valence-electron chi connectivity index (χ4n) is 2.80. The van der Waals surface area contributed by atoms with Crippen molar-refractivity contribution in [1.29, 1.82) is 5.26 Å². The fourth-order valence-corrected chi connectivity index (χ4v) is 3.32. The Morgan fingerprint density at radius 2 is 2.17 bits per heavy atom. The molecular weight excluding hydrogens is 360 g/mol. The molecule has 1 heterocycles. The molecule has 5 nitrogen and oxygen atoms in total. The summed E-state index contributed by atoms with van der Waals surface area (Å²) >= 11 is 3.49. The maximum Gasteiger partial charge on any atom is 0.307 e. The molecule has 1 fully saturated rings. The fraction of sp³-hybridized carbons (Fsp3) is 0.529. The van der Waals surface area contributed by atoms with Gasteiger partial charge >= 0.3 is 5.97 Å². The van der Waals surface area contributed by atoms with Crippen molar-refractivity contribution in [2.24, 2.45) is 5.73 Å². The Balaban J connectivity index is 2.28. The van der Waals surface area contributed by atoms with Crippen molar-refractivity contribution in [2.75, 3.05) is 19.8 Å². The third-order valence-electron chi connectivity index (χ3n) is 4.15. The first-order chi connectivity index (χ1) is 11.0. The van der Waals surface area contributed by atoms with Crippen LogP contribution in [0.4, 0.5) is 0 Å². The number of rotatable bonds is 5. The predicted octanol–water partition coefficient (Wildman–Crippen LogP) is 2.97. The average Bonchev–Trinajstić information content (AvgIpc) is 2.55. The van der Waals surface area contributed by atoms with Gasteiger partial charge in [-0.05, 0) is 43.0 Å². The molecule has 0 saturated carbocycles. The van der Waals surface area contributed by atoms with E-state index in [4.69, 9.17) is 15.2 Å². The summed E-state index contributed by atoms with van der Waals surface area (Å²) in [5.41, 5.74) is 7.34. The smallest absolute Gasteiger partial charge is 0.307 e. The summed E-state index contributed by atoms with van der Waals surface area (Å²) in [6.45, 7) is 3.25. The lowest BCUT2D eigenvalue weighted by Crippen LogP contribution is -2.32. The molecule has 1 aliphatic heterocycles. The minimum absolute atomic E-state index is 0.117. The predicted molar refractivity (Wildman–Crippen MR) is 89.7 cm³/mol. The van der Waals surface area contributed by atoms with Crippen LogP contribution < -0.4 is 5.73 Å². The second kappa shape index (κ2) is 7.91. The highest BCUT2D eigenvalue weighted by atomic mass is 79.9. The summed E-state index contributed by atoms with van der Waals surface area (Å²) < 4.78 is 11.2. The van der Waals surface area contributed by atoms with Gasteiger partial charge in [-0.2, -0.15) is 5.26 Å². The van der Waals surface area contributed by atoms with E-state index in [0.29, 0.717) is 32.7 Å². The third-order valence-corrected chi connectivity index (χ3v) is 4.61. The van der Waals surface area contributed by atoms with Gasteiger partial charge in [0.1, 0.15) is 0 Å².